The van der Waals surface area contributed by atoms with Gasteiger partial charge in [0, 0.05) is 10.6 Å². The SMILES string of the molecule is COC(=O)c1ccccc1NC(=O)/C(C#N)=C\c1ccc(OCc2ccccc2Cl)c(OC)c1. The Morgan fingerprint density at radius 1 is 1.03 bits per heavy atom. The maximum Gasteiger partial charge on any atom is 0.339 e. The van der Waals surface area contributed by atoms with Crippen molar-refractivity contribution in [2.45, 2.75) is 6.61 Å². The van der Waals surface area contributed by atoms with Gasteiger partial charge in [-0.2, -0.15) is 5.26 Å². The number of nitrogens with one attached hydrogen (secondary N) is 1. The first kappa shape index (κ1) is 24.4. The topological polar surface area (TPSA) is 97.7 Å². The lowest BCUT2D eigenvalue weighted by molar-refractivity contribution is -0.112. The van der Waals surface area contributed by atoms with E-state index in [-0.39, 0.29) is 23.4 Å². The maximum atomic E-state index is 12.7. The van der Waals surface area contributed by atoms with Crippen LogP contribution in [0, 0.1) is 11.3 Å². The molecule has 0 aliphatic carbocycles. The molecule has 3 aromatic carbocycles. The molecule has 0 atom stereocenters. The van der Waals surface area contributed by atoms with Crippen LogP contribution in [0.2, 0.25) is 5.02 Å². The molecule has 0 radical (unpaired) electrons. The second kappa shape index (κ2) is 11.5. The zero-order valence-electron chi connectivity index (χ0n) is 18.5. The number of ether oxygens (including phenoxy) is 3. The summed E-state index contributed by atoms with van der Waals surface area (Å²) in [5, 5.41) is 12.7. The van der Waals surface area contributed by atoms with Crippen LogP contribution in [0.1, 0.15) is 21.5 Å². The lowest BCUT2D eigenvalue weighted by atomic mass is 10.1. The maximum absolute atomic E-state index is 12.7. The fraction of sp³-hybridized carbons (Fsp3) is 0.115. The molecule has 0 heterocycles. The first-order chi connectivity index (χ1) is 16.5. The number of halogens is 1. The van der Waals surface area contributed by atoms with Gasteiger partial charge in [0.1, 0.15) is 18.2 Å². The van der Waals surface area contributed by atoms with Crippen LogP contribution < -0.4 is 14.8 Å². The van der Waals surface area contributed by atoms with Gasteiger partial charge < -0.3 is 19.5 Å². The second-order valence-corrected chi connectivity index (χ2v) is 7.36. The highest BCUT2D eigenvalue weighted by Gasteiger charge is 2.16. The number of carbonyl (C=O) groups is 2. The summed E-state index contributed by atoms with van der Waals surface area (Å²) < 4.78 is 16.0. The van der Waals surface area contributed by atoms with Crippen molar-refractivity contribution in [1.82, 2.24) is 0 Å². The third kappa shape index (κ3) is 5.94. The number of anilines is 1. The van der Waals surface area contributed by atoms with Gasteiger partial charge in [-0.3, -0.25) is 4.79 Å². The molecule has 1 amide bonds. The highest BCUT2D eigenvalue weighted by atomic mass is 35.5. The summed E-state index contributed by atoms with van der Waals surface area (Å²) in [4.78, 5) is 24.6. The predicted octanol–water partition coefficient (Wildman–Crippen LogP) is 5.26. The number of nitriles is 1. The minimum absolute atomic E-state index is 0.161. The number of benzene rings is 3. The van der Waals surface area contributed by atoms with Crippen LogP contribution in [0.4, 0.5) is 5.69 Å². The van der Waals surface area contributed by atoms with E-state index in [0.717, 1.165) is 5.56 Å². The third-order valence-corrected chi connectivity index (χ3v) is 5.15. The van der Waals surface area contributed by atoms with Crippen LogP contribution in [0.3, 0.4) is 0 Å². The number of esters is 1. The Balaban J connectivity index is 1.79. The number of hydrogen-bond donors (Lipinski definition) is 1. The minimum atomic E-state index is -0.670. The molecule has 34 heavy (non-hydrogen) atoms. The van der Waals surface area contributed by atoms with E-state index >= 15 is 0 Å². The summed E-state index contributed by atoms with van der Waals surface area (Å²) in [7, 11) is 2.74. The van der Waals surface area contributed by atoms with Crippen molar-refractivity contribution < 1.29 is 23.8 Å². The number of amides is 1. The molecule has 0 unspecified atom stereocenters. The highest BCUT2D eigenvalue weighted by molar-refractivity contribution is 6.31. The summed E-state index contributed by atoms with van der Waals surface area (Å²) in [6, 6.07) is 20.6. The minimum Gasteiger partial charge on any atom is -0.493 e. The van der Waals surface area contributed by atoms with Crippen LogP contribution in [-0.2, 0) is 16.1 Å². The summed E-state index contributed by atoms with van der Waals surface area (Å²) >= 11 is 6.17. The normalized spacial score (nSPS) is 10.7. The van der Waals surface area contributed by atoms with Crippen LogP contribution >= 0.6 is 11.6 Å². The average molecular weight is 477 g/mol. The van der Waals surface area contributed by atoms with Gasteiger partial charge in [-0.1, -0.05) is 48.0 Å². The van der Waals surface area contributed by atoms with Gasteiger partial charge in [0.15, 0.2) is 11.5 Å². The number of carbonyl (C=O) groups excluding carboxylic acids is 2. The number of hydrogen-bond acceptors (Lipinski definition) is 6. The predicted molar refractivity (Wildman–Crippen MR) is 129 cm³/mol. The Labute approximate surface area is 202 Å². The molecule has 0 saturated carbocycles. The number of rotatable bonds is 8. The monoisotopic (exact) mass is 476 g/mol. The van der Waals surface area contributed by atoms with Crippen molar-refractivity contribution >= 4 is 35.2 Å². The molecule has 0 aliphatic heterocycles. The van der Waals surface area contributed by atoms with Crippen molar-refractivity contribution in [2.24, 2.45) is 0 Å². The van der Waals surface area contributed by atoms with E-state index in [1.165, 1.54) is 26.4 Å². The van der Waals surface area contributed by atoms with E-state index < -0.39 is 11.9 Å². The number of para-hydroxylation sites is 1. The van der Waals surface area contributed by atoms with Gasteiger partial charge in [0.25, 0.3) is 5.91 Å². The van der Waals surface area contributed by atoms with E-state index in [4.69, 9.17) is 25.8 Å². The average Bonchev–Trinajstić information content (AvgIpc) is 2.86. The Morgan fingerprint density at radius 3 is 2.47 bits per heavy atom. The molecule has 1 N–H and O–H groups in total. The largest absolute Gasteiger partial charge is 0.493 e. The summed E-state index contributed by atoms with van der Waals surface area (Å²) in [5.41, 5.74) is 1.63. The Bertz CT molecular complexity index is 1280. The lowest BCUT2D eigenvalue weighted by Crippen LogP contribution is -2.16. The van der Waals surface area contributed by atoms with Crippen molar-refractivity contribution in [2.75, 3.05) is 19.5 Å². The first-order valence-electron chi connectivity index (χ1n) is 10.1. The van der Waals surface area contributed by atoms with Crippen molar-refractivity contribution in [3.05, 3.63) is 94.0 Å². The van der Waals surface area contributed by atoms with E-state index in [1.807, 2.05) is 24.3 Å². The molecule has 3 rings (SSSR count). The molecule has 0 aliphatic rings. The fourth-order valence-electron chi connectivity index (χ4n) is 3.05. The van der Waals surface area contributed by atoms with Gasteiger partial charge in [-0.25, -0.2) is 4.79 Å². The van der Waals surface area contributed by atoms with Gasteiger partial charge >= 0.3 is 5.97 Å². The van der Waals surface area contributed by atoms with Crippen LogP contribution in [0.5, 0.6) is 11.5 Å². The number of methoxy groups -OCH3 is 2. The van der Waals surface area contributed by atoms with Gasteiger partial charge in [0.05, 0.1) is 25.5 Å². The Morgan fingerprint density at radius 2 is 1.76 bits per heavy atom. The van der Waals surface area contributed by atoms with Gasteiger partial charge in [-0.05, 0) is 42.0 Å². The van der Waals surface area contributed by atoms with E-state index in [0.29, 0.717) is 22.1 Å². The molecule has 172 valence electrons. The zero-order chi connectivity index (χ0) is 24.5. The van der Waals surface area contributed by atoms with Gasteiger partial charge in [0.2, 0.25) is 0 Å². The molecule has 7 nitrogen and oxygen atoms in total. The quantitative estimate of drug-likeness (QED) is 0.270. The summed E-state index contributed by atoms with van der Waals surface area (Å²) in [6.45, 7) is 0.247. The van der Waals surface area contributed by atoms with E-state index in [9.17, 15) is 14.9 Å². The molecule has 8 heteroatoms. The first-order valence-corrected chi connectivity index (χ1v) is 10.5. The van der Waals surface area contributed by atoms with Gasteiger partial charge in [-0.15, -0.1) is 0 Å². The van der Waals surface area contributed by atoms with Crippen LogP contribution in [-0.4, -0.2) is 26.1 Å². The summed E-state index contributed by atoms with van der Waals surface area (Å²) in [5.74, 6) is -0.364. The molecule has 0 bridgehead atoms. The Kier molecular flexibility index (Phi) is 8.27. The van der Waals surface area contributed by atoms with Crippen molar-refractivity contribution in [3.8, 4) is 17.6 Å². The third-order valence-electron chi connectivity index (χ3n) is 4.79. The molecule has 0 fully saturated rings. The molecule has 0 spiro atoms. The van der Waals surface area contributed by atoms with Crippen LogP contribution in [0.25, 0.3) is 6.08 Å². The zero-order valence-corrected chi connectivity index (χ0v) is 19.3. The molecule has 3 aromatic rings. The fourth-order valence-corrected chi connectivity index (χ4v) is 3.24. The number of nitrogens with zero attached hydrogens (tertiary/aromatic N) is 1. The van der Waals surface area contributed by atoms with Crippen LogP contribution in [0.15, 0.2) is 72.3 Å². The molecular weight excluding hydrogens is 456 g/mol. The molecule has 0 aromatic heterocycles. The molecular formula is C26H21ClN2O5. The Hall–Kier alpha value is -4.28. The molecule has 0 saturated heterocycles. The second-order valence-electron chi connectivity index (χ2n) is 6.95. The smallest absolute Gasteiger partial charge is 0.339 e. The highest BCUT2D eigenvalue weighted by Crippen LogP contribution is 2.30. The summed E-state index contributed by atoms with van der Waals surface area (Å²) in [6.07, 6.45) is 1.41. The van der Waals surface area contributed by atoms with Crippen molar-refractivity contribution in [1.29, 1.82) is 5.26 Å². The lowest BCUT2D eigenvalue weighted by Gasteiger charge is -2.12. The van der Waals surface area contributed by atoms with E-state index in [1.54, 1.807) is 42.5 Å². The standard InChI is InChI=1S/C26H21ClN2O5/c1-32-24-14-17(11-12-23(24)34-16-18-7-3-5-9-21(18)27)13-19(15-28)25(30)29-22-10-6-4-8-20(22)26(31)33-2/h3-14H,16H2,1-2H3,(H,29,30)/b19-13-. The van der Waals surface area contributed by atoms with Crippen molar-refractivity contribution in [3.63, 3.8) is 0 Å². The van der Waals surface area contributed by atoms with E-state index in [2.05, 4.69) is 5.32 Å².